The first-order valence-electron chi connectivity index (χ1n) is 8.86. The van der Waals surface area contributed by atoms with Crippen molar-refractivity contribution in [3.8, 4) is 0 Å². The fourth-order valence-electron chi connectivity index (χ4n) is 2.57. The molecule has 0 aliphatic heterocycles. The smallest absolute Gasteiger partial charge is 0.0497 e. The maximum absolute atomic E-state index is 6.05. The van der Waals surface area contributed by atoms with Gasteiger partial charge in [0.15, 0.2) is 0 Å². The number of rotatable bonds is 4. The van der Waals surface area contributed by atoms with E-state index in [1.807, 2.05) is 26.2 Å². The van der Waals surface area contributed by atoms with E-state index in [-0.39, 0.29) is 0 Å². The molecule has 0 amide bonds. The predicted molar refractivity (Wildman–Crippen MR) is 115 cm³/mol. The highest BCUT2D eigenvalue weighted by molar-refractivity contribution is 5.81. The summed E-state index contributed by atoms with van der Waals surface area (Å²) in [6.07, 6.45) is 7.19. The SMILES string of the molecule is C=C(C)c1cncc(C(=C)C)c1N.CC(C)c1cncc(C(C)C)c1N. The molecule has 0 aromatic carbocycles. The lowest BCUT2D eigenvalue weighted by molar-refractivity contribution is 0.826. The van der Waals surface area contributed by atoms with Crippen LogP contribution in [0.25, 0.3) is 11.1 Å². The van der Waals surface area contributed by atoms with Gasteiger partial charge in [-0.1, -0.05) is 40.9 Å². The van der Waals surface area contributed by atoms with Crippen LogP contribution in [-0.2, 0) is 0 Å². The molecule has 0 aliphatic rings. The Labute approximate surface area is 158 Å². The summed E-state index contributed by atoms with van der Waals surface area (Å²) in [7, 11) is 0. The van der Waals surface area contributed by atoms with Crippen molar-refractivity contribution in [3.05, 3.63) is 60.2 Å². The van der Waals surface area contributed by atoms with Crippen LogP contribution < -0.4 is 11.5 Å². The Balaban J connectivity index is 0.000000260. The highest BCUT2D eigenvalue weighted by Crippen LogP contribution is 2.28. The summed E-state index contributed by atoms with van der Waals surface area (Å²) in [6, 6.07) is 0. The zero-order valence-electron chi connectivity index (χ0n) is 16.9. The largest absolute Gasteiger partial charge is 0.398 e. The van der Waals surface area contributed by atoms with Crippen molar-refractivity contribution in [1.29, 1.82) is 0 Å². The van der Waals surface area contributed by atoms with Crippen molar-refractivity contribution in [2.45, 2.75) is 53.4 Å². The summed E-state index contributed by atoms with van der Waals surface area (Å²) < 4.78 is 0. The van der Waals surface area contributed by atoms with E-state index in [1.165, 1.54) is 0 Å². The molecule has 0 spiro atoms. The third-order valence-corrected chi connectivity index (χ3v) is 4.20. The number of allylic oxidation sites excluding steroid dienone is 2. The Hall–Kier alpha value is -2.62. The molecule has 2 rings (SSSR count). The number of nitrogens with two attached hydrogens (primary N) is 2. The number of nitrogens with zero attached hydrogens (tertiary/aromatic N) is 2. The topological polar surface area (TPSA) is 77.8 Å². The second-order valence-electron chi connectivity index (χ2n) is 7.25. The average Bonchev–Trinajstić information content (AvgIpc) is 2.54. The molecule has 2 heterocycles. The van der Waals surface area contributed by atoms with Crippen LogP contribution >= 0.6 is 0 Å². The highest BCUT2D eigenvalue weighted by atomic mass is 14.7. The number of pyridine rings is 2. The maximum atomic E-state index is 6.05. The molecule has 0 aliphatic carbocycles. The summed E-state index contributed by atoms with van der Waals surface area (Å²) >= 11 is 0. The molecule has 2 aromatic heterocycles. The van der Waals surface area contributed by atoms with E-state index in [9.17, 15) is 0 Å². The molecule has 26 heavy (non-hydrogen) atoms. The van der Waals surface area contributed by atoms with Gasteiger partial charge in [0.2, 0.25) is 0 Å². The van der Waals surface area contributed by atoms with E-state index in [2.05, 4.69) is 50.8 Å². The molecule has 0 fully saturated rings. The minimum atomic E-state index is 0.450. The molecule has 0 unspecified atom stereocenters. The number of aromatic nitrogens is 2. The Morgan fingerprint density at radius 3 is 1.38 bits per heavy atom. The monoisotopic (exact) mass is 352 g/mol. The molecule has 0 saturated heterocycles. The number of hydrogen-bond acceptors (Lipinski definition) is 4. The summed E-state index contributed by atoms with van der Waals surface area (Å²) in [6.45, 7) is 20.0. The van der Waals surface area contributed by atoms with Crippen molar-refractivity contribution in [2.75, 3.05) is 11.5 Å². The zero-order chi connectivity index (χ0) is 20.0. The fraction of sp³-hybridized carbons (Fsp3) is 0.364. The zero-order valence-corrected chi connectivity index (χ0v) is 16.9. The van der Waals surface area contributed by atoms with Gasteiger partial charge < -0.3 is 11.5 Å². The molecular weight excluding hydrogens is 320 g/mol. The first-order valence-corrected chi connectivity index (χ1v) is 8.86. The first-order chi connectivity index (χ1) is 12.1. The molecule has 0 atom stereocenters. The van der Waals surface area contributed by atoms with E-state index >= 15 is 0 Å². The van der Waals surface area contributed by atoms with Gasteiger partial charge in [0, 0.05) is 47.3 Å². The van der Waals surface area contributed by atoms with E-state index in [0.717, 1.165) is 44.8 Å². The normalized spacial score (nSPS) is 10.5. The van der Waals surface area contributed by atoms with E-state index < -0.39 is 0 Å². The minimum Gasteiger partial charge on any atom is -0.398 e. The summed E-state index contributed by atoms with van der Waals surface area (Å²) in [5.74, 6) is 0.900. The molecule has 0 radical (unpaired) electrons. The maximum Gasteiger partial charge on any atom is 0.0497 e. The van der Waals surface area contributed by atoms with Crippen LogP contribution in [0.4, 0.5) is 11.4 Å². The standard InChI is InChI=1S/C11H18N2.C11H14N2/c2*1-7(2)9-5-13-6-10(8(3)4)11(9)12/h5-8H,1-4H3,(H2,12,13);5-6H,1,3H2,2,4H3,(H2,12,13). The second-order valence-corrected chi connectivity index (χ2v) is 7.25. The first kappa shape index (κ1) is 21.4. The van der Waals surface area contributed by atoms with E-state index in [1.54, 1.807) is 12.4 Å². The van der Waals surface area contributed by atoms with Gasteiger partial charge in [0.25, 0.3) is 0 Å². The highest BCUT2D eigenvalue weighted by Gasteiger charge is 2.10. The van der Waals surface area contributed by atoms with Gasteiger partial charge in [0.05, 0.1) is 0 Å². The van der Waals surface area contributed by atoms with Crippen molar-refractivity contribution < 1.29 is 0 Å². The van der Waals surface area contributed by atoms with Gasteiger partial charge in [-0.3, -0.25) is 9.97 Å². The van der Waals surface area contributed by atoms with Crippen LogP contribution in [-0.4, -0.2) is 9.97 Å². The Bertz CT molecular complexity index is 730. The van der Waals surface area contributed by atoms with Crippen LogP contribution in [0.1, 0.15) is 75.6 Å². The molecule has 140 valence electrons. The van der Waals surface area contributed by atoms with E-state index in [0.29, 0.717) is 11.8 Å². The lowest BCUT2D eigenvalue weighted by Gasteiger charge is -2.14. The van der Waals surface area contributed by atoms with Gasteiger partial charge in [-0.05, 0) is 48.0 Å². The lowest BCUT2D eigenvalue weighted by Crippen LogP contribution is -2.03. The average molecular weight is 353 g/mol. The van der Waals surface area contributed by atoms with Gasteiger partial charge in [-0.25, -0.2) is 0 Å². The molecule has 4 N–H and O–H groups in total. The molecule has 0 bridgehead atoms. The van der Waals surface area contributed by atoms with Crippen molar-refractivity contribution >= 4 is 22.5 Å². The second kappa shape index (κ2) is 9.18. The van der Waals surface area contributed by atoms with Crippen LogP contribution in [0.3, 0.4) is 0 Å². The molecule has 4 nitrogen and oxygen atoms in total. The third-order valence-electron chi connectivity index (χ3n) is 4.20. The number of hydrogen-bond donors (Lipinski definition) is 2. The molecule has 2 aromatic rings. The summed E-state index contributed by atoms with van der Waals surface area (Å²) in [5.41, 5.74) is 19.6. The molecule has 4 heteroatoms. The van der Waals surface area contributed by atoms with E-state index in [4.69, 9.17) is 11.5 Å². The van der Waals surface area contributed by atoms with Crippen LogP contribution in [0.5, 0.6) is 0 Å². The van der Waals surface area contributed by atoms with Gasteiger partial charge in [-0.2, -0.15) is 0 Å². The Morgan fingerprint density at radius 1 is 0.731 bits per heavy atom. The number of nitrogen functional groups attached to an aromatic ring is 2. The predicted octanol–water partition coefficient (Wildman–Crippen LogP) is 5.64. The Morgan fingerprint density at radius 2 is 1.08 bits per heavy atom. The fourth-order valence-corrected chi connectivity index (χ4v) is 2.57. The number of anilines is 2. The minimum absolute atomic E-state index is 0.450. The third kappa shape index (κ3) is 5.19. The summed E-state index contributed by atoms with van der Waals surface area (Å²) in [5, 5.41) is 0. The molecule has 0 saturated carbocycles. The van der Waals surface area contributed by atoms with Crippen LogP contribution in [0.2, 0.25) is 0 Å². The van der Waals surface area contributed by atoms with Crippen molar-refractivity contribution in [2.24, 2.45) is 0 Å². The van der Waals surface area contributed by atoms with Crippen LogP contribution in [0, 0.1) is 0 Å². The van der Waals surface area contributed by atoms with Gasteiger partial charge in [0.1, 0.15) is 0 Å². The summed E-state index contributed by atoms with van der Waals surface area (Å²) in [4.78, 5) is 8.29. The van der Waals surface area contributed by atoms with Crippen LogP contribution in [0.15, 0.2) is 37.9 Å². The van der Waals surface area contributed by atoms with Crippen molar-refractivity contribution in [1.82, 2.24) is 9.97 Å². The molecular formula is C22H32N4. The Kier molecular flexibility index (Phi) is 7.56. The lowest BCUT2D eigenvalue weighted by atomic mass is 9.96. The van der Waals surface area contributed by atoms with Crippen molar-refractivity contribution in [3.63, 3.8) is 0 Å². The van der Waals surface area contributed by atoms with Gasteiger partial charge >= 0.3 is 0 Å². The van der Waals surface area contributed by atoms with Gasteiger partial charge in [-0.15, -0.1) is 0 Å². The quantitative estimate of drug-likeness (QED) is 0.746.